The molecular formula is C16H22N2O3. The van der Waals surface area contributed by atoms with E-state index in [0.717, 1.165) is 18.4 Å². The van der Waals surface area contributed by atoms with Gasteiger partial charge < -0.3 is 15.3 Å². The standard InChI is InChI=1S/C16H22N2O3/c1-11-3-5-12(6-4-11)15(13-7-8-13)17-16(21)18(2)10-9-14(19)20/h3-6,13,15H,7-10H2,1-2H3,(H,17,21)(H,19,20). The fourth-order valence-corrected chi connectivity index (χ4v) is 2.28. The molecule has 2 N–H and O–H groups in total. The Morgan fingerprint density at radius 3 is 2.48 bits per heavy atom. The summed E-state index contributed by atoms with van der Waals surface area (Å²) in [4.78, 5) is 24.2. The molecule has 114 valence electrons. The lowest BCUT2D eigenvalue weighted by Crippen LogP contribution is -2.40. The van der Waals surface area contributed by atoms with Gasteiger partial charge in [-0.25, -0.2) is 4.79 Å². The topological polar surface area (TPSA) is 69.6 Å². The predicted octanol–water partition coefficient (Wildman–Crippen LogP) is 2.56. The number of aliphatic carboxylic acids is 1. The summed E-state index contributed by atoms with van der Waals surface area (Å²) < 4.78 is 0. The molecular weight excluding hydrogens is 268 g/mol. The van der Waals surface area contributed by atoms with Crippen LogP contribution >= 0.6 is 0 Å². The van der Waals surface area contributed by atoms with E-state index in [-0.39, 0.29) is 25.0 Å². The summed E-state index contributed by atoms with van der Waals surface area (Å²) in [5.41, 5.74) is 2.31. The quantitative estimate of drug-likeness (QED) is 0.846. The van der Waals surface area contributed by atoms with Gasteiger partial charge >= 0.3 is 12.0 Å². The van der Waals surface area contributed by atoms with Crippen molar-refractivity contribution < 1.29 is 14.7 Å². The minimum atomic E-state index is -0.896. The average Bonchev–Trinajstić information content (AvgIpc) is 3.27. The summed E-state index contributed by atoms with van der Waals surface area (Å²) >= 11 is 0. The van der Waals surface area contributed by atoms with Crippen molar-refractivity contribution in [3.05, 3.63) is 35.4 Å². The number of carbonyl (C=O) groups excluding carboxylic acids is 1. The molecule has 5 heteroatoms. The summed E-state index contributed by atoms with van der Waals surface area (Å²) in [6, 6.07) is 8.00. The lowest BCUT2D eigenvalue weighted by atomic mass is 10.0. The number of nitrogens with one attached hydrogen (secondary N) is 1. The van der Waals surface area contributed by atoms with Crippen LogP contribution in [0, 0.1) is 12.8 Å². The zero-order valence-electron chi connectivity index (χ0n) is 12.5. The highest BCUT2D eigenvalue weighted by molar-refractivity contribution is 5.75. The van der Waals surface area contributed by atoms with Crippen LogP contribution in [0.1, 0.15) is 36.4 Å². The summed E-state index contributed by atoms with van der Waals surface area (Å²) in [6.07, 6.45) is 2.21. The number of benzene rings is 1. The Morgan fingerprint density at radius 2 is 1.95 bits per heavy atom. The summed E-state index contributed by atoms with van der Waals surface area (Å²) in [5, 5.41) is 11.7. The molecule has 1 aromatic rings. The number of carboxylic acid groups (broad SMARTS) is 1. The van der Waals surface area contributed by atoms with Crippen molar-refractivity contribution in [3.63, 3.8) is 0 Å². The first kappa shape index (κ1) is 15.4. The maximum atomic E-state index is 12.2. The van der Waals surface area contributed by atoms with Crippen LogP contribution in [0.15, 0.2) is 24.3 Å². The fraction of sp³-hybridized carbons (Fsp3) is 0.500. The summed E-state index contributed by atoms with van der Waals surface area (Å²) in [7, 11) is 1.62. The molecule has 1 fully saturated rings. The monoisotopic (exact) mass is 290 g/mol. The van der Waals surface area contributed by atoms with Gasteiger partial charge in [0.1, 0.15) is 0 Å². The minimum absolute atomic E-state index is 0.0189. The maximum absolute atomic E-state index is 12.2. The Morgan fingerprint density at radius 1 is 1.33 bits per heavy atom. The van der Waals surface area contributed by atoms with Crippen LogP contribution in [0.5, 0.6) is 0 Å². The van der Waals surface area contributed by atoms with Crippen molar-refractivity contribution in [3.8, 4) is 0 Å². The van der Waals surface area contributed by atoms with Crippen LogP contribution in [0.25, 0.3) is 0 Å². The highest BCUT2D eigenvalue weighted by Crippen LogP contribution is 2.41. The van der Waals surface area contributed by atoms with Crippen LogP contribution in [0.4, 0.5) is 4.79 Å². The second-order valence-corrected chi connectivity index (χ2v) is 5.74. The normalized spacial score (nSPS) is 15.3. The molecule has 0 bridgehead atoms. The third-order valence-corrected chi connectivity index (χ3v) is 3.82. The minimum Gasteiger partial charge on any atom is -0.481 e. The average molecular weight is 290 g/mol. The van der Waals surface area contributed by atoms with Gasteiger partial charge in [0.2, 0.25) is 0 Å². The molecule has 0 radical (unpaired) electrons. The molecule has 1 aromatic carbocycles. The Labute approximate surface area is 125 Å². The first-order valence-electron chi connectivity index (χ1n) is 7.27. The first-order valence-corrected chi connectivity index (χ1v) is 7.27. The van der Waals surface area contributed by atoms with Gasteiger partial charge in [-0.15, -0.1) is 0 Å². The van der Waals surface area contributed by atoms with Gasteiger partial charge in [-0.2, -0.15) is 0 Å². The number of carboxylic acids is 1. The molecule has 2 amide bonds. The number of hydrogen-bond donors (Lipinski definition) is 2. The van der Waals surface area contributed by atoms with Gasteiger partial charge in [-0.3, -0.25) is 4.79 Å². The van der Waals surface area contributed by atoms with E-state index in [4.69, 9.17) is 5.11 Å². The van der Waals surface area contributed by atoms with Crippen molar-refractivity contribution in [2.24, 2.45) is 5.92 Å². The van der Waals surface area contributed by atoms with Crippen LogP contribution < -0.4 is 5.32 Å². The second kappa shape index (κ2) is 6.61. The van der Waals surface area contributed by atoms with Crippen LogP contribution in [-0.4, -0.2) is 35.6 Å². The third kappa shape index (κ3) is 4.48. The molecule has 1 unspecified atom stereocenters. The molecule has 0 aliphatic heterocycles. The van der Waals surface area contributed by atoms with E-state index in [0.29, 0.717) is 5.92 Å². The predicted molar refractivity (Wildman–Crippen MR) is 80.1 cm³/mol. The number of urea groups is 1. The van der Waals surface area contributed by atoms with E-state index >= 15 is 0 Å². The Kier molecular flexibility index (Phi) is 4.83. The molecule has 1 aliphatic rings. The number of nitrogens with zero attached hydrogens (tertiary/aromatic N) is 1. The largest absolute Gasteiger partial charge is 0.481 e. The highest BCUT2D eigenvalue weighted by Gasteiger charge is 2.33. The SMILES string of the molecule is Cc1ccc(C(NC(=O)N(C)CCC(=O)O)C2CC2)cc1. The van der Waals surface area contributed by atoms with Gasteiger partial charge in [-0.1, -0.05) is 29.8 Å². The molecule has 0 saturated heterocycles. The van der Waals surface area contributed by atoms with Crippen LogP contribution in [0.2, 0.25) is 0 Å². The van der Waals surface area contributed by atoms with Gasteiger partial charge in [0.05, 0.1) is 12.5 Å². The number of carbonyl (C=O) groups is 2. The van der Waals surface area contributed by atoms with Gasteiger partial charge in [0, 0.05) is 13.6 Å². The molecule has 1 aliphatic carbocycles. The van der Waals surface area contributed by atoms with Crippen molar-refractivity contribution in [1.82, 2.24) is 10.2 Å². The van der Waals surface area contributed by atoms with Crippen LogP contribution in [-0.2, 0) is 4.79 Å². The highest BCUT2D eigenvalue weighted by atomic mass is 16.4. The van der Waals surface area contributed by atoms with Crippen molar-refractivity contribution >= 4 is 12.0 Å². The van der Waals surface area contributed by atoms with E-state index < -0.39 is 5.97 Å². The zero-order chi connectivity index (χ0) is 15.4. The lowest BCUT2D eigenvalue weighted by molar-refractivity contribution is -0.137. The van der Waals surface area contributed by atoms with Crippen molar-refractivity contribution in [1.29, 1.82) is 0 Å². The molecule has 0 spiro atoms. The number of aryl methyl sites for hydroxylation is 1. The number of amides is 2. The number of hydrogen-bond acceptors (Lipinski definition) is 2. The third-order valence-electron chi connectivity index (χ3n) is 3.82. The molecule has 1 saturated carbocycles. The van der Waals surface area contributed by atoms with Crippen molar-refractivity contribution in [2.45, 2.75) is 32.2 Å². The Hall–Kier alpha value is -2.04. The Balaban J connectivity index is 1.98. The maximum Gasteiger partial charge on any atom is 0.317 e. The van der Waals surface area contributed by atoms with E-state index in [1.807, 2.05) is 19.1 Å². The van der Waals surface area contributed by atoms with Gasteiger partial charge in [0.15, 0.2) is 0 Å². The summed E-state index contributed by atoms with van der Waals surface area (Å²) in [5.74, 6) is -0.406. The van der Waals surface area contributed by atoms with Gasteiger partial charge in [0.25, 0.3) is 0 Å². The first-order chi connectivity index (χ1) is 9.97. The number of rotatable bonds is 6. The van der Waals surface area contributed by atoms with E-state index in [2.05, 4.69) is 17.4 Å². The molecule has 5 nitrogen and oxygen atoms in total. The van der Waals surface area contributed by atoms with E-state index in [9.17, 15) is 9.59 Å². The zero-order valence-corrected chi connectivity index (χ0v) is 12.5. The summed E-state index contributed by atoms with van der Waals surface area (Å²) in [6.45, 7) is 2.25. The molecule has 21 heavy (non-hydrogen) atoms. The molecule has 0 aromatic heterocycles. The lowest BCUT2D eigenvalue weighted by Gasteiger charge is -2.23. The Bertz CT molecular complexity index is 509. The second-order valence-electron chi connectivity index (χ2n) is 5.74. The van der Waals surface area contributed by atoms with E-state index in [1.165, 1.54) is 10.5 Å². The van der Waals surface area contributed by atoms with Crippen LogP contribution in [0.3, 0.4) is 0 Å². The molecule has 1 atom stereocenters. The smallest absolute Gasteiger partial charge is 0.317 e. The van der Waals surface area contributed by atoms with E-state index in [1.54, 1.807) is 7.05 Å². The van der Waals surface area contributed by atoms with Crippen molar-refractivity contribution in [2.75, 3.05) is 13.6 Å². The fourth-order valence-electron chi connectivity index (χ4n) is 2.28. The molecule has 2 rings (SSSR count). The van der Waals surface area contributed by atoms with Gasteiger partial charge in [-0.05, 0) is 31.2 Å². The molecule has 0 heterocycles.